The van der Waals surface area contributed by atoms with Crippen molar-refractivity contribution in [2.45, 2.75) is 32.3 Å². The predicted molar refractivity (Wildman–Crippen MR) is 69.8 cm³/mol. The summed E-state index contributed by atoms with van der Waals surface area (Å²) >= 11 is 5.74. The first kappa shape index (κ1) is 13.1. The van der Waals surface area contributed by atoms with Gasteiger partial charge in [0, 0.05) is 18.7 Å². The van der Waals surface area contributed by atoms with Gasteiger partial charge in [0.15, 0.2) is 0 Å². The fourth-order valence-corrected chi connectivity index (χ4v) is 1.92. The Morgan fingerprint density at radius 1 is 1.56 bits per heavy atom. The Morgan fingerprint density at radius 3 is 2.94 bits per heavy atom. The zero-order chi connectivity index (χ0) is 13.0. The molecule has 4 nitrogen and oxygen atoms in total. The number of pyridine rings is 1. The Kier molecular flexibility index (Phi) is 4.42. The van der Waals surface area contributed by atoms with E-state index in [2.05, 4.69) is 11.9 Å². The van der Waals surface area contributed by atoms with Gasteiger partial charge in [0.25, 0.3) is 0 Å². The summed E-state index contributed by atoms with van der Waals surface area (Å²) in [5, 5.41) is 0.590. The number of amides is 1. The van der Waals surface area contributed by atoms with Crippen LogP contribution in [0.15, 0.2) is 18.3 Å². The molecule has 2 heterocycles. The van der Waals surface area contributed by atoms with Crippen molar-refractivity contribution >= 4 is 17.5 Å². The molecule has 1 aromatic heterocycles. The standard InChI is InChI=1S/C13H17ClN2O2/c1-2-3-4-13(17)16-8-11(9-16)18-12-6-5-10(14)7-15-12/h5-7,11H,2-4,8-9H2,1H3. The van der Waals surface area contributed by atoms with E-state index in [9.17, 15) is 4.79 Å². The van der Waals surface area contributed by atoms with Gasteiger partial charge >= 0.3 is 0 Å². The molecule has 18 heavy (non-hydrogen) atoms. The summed E-state index contributed by atoms with van der Waals surface area (Å²) in [5.74, 6) is 0.783. The zero-order valence-electron chi connectivity index (χ0n) is 10.4. The molecule has 1 aliphatic rings. The van der Waals surface area contributed by atoms with Crippen LogP contribution in [0.25, 0.3) is 0 Å². The lowest BCUT2D eigenvalue weighted by molar-refractivity contribution is -0.140. The summed E-state index contributed by atoms with van der Waals surface area (Å²) < 4.78 is 5.63. The number of hydrogen-bond acceptors (Lipinski definition) is 3. The summed E-state index contributed by atoms with van der Waals surface area (Å²) in [6, 6.07) is 3.48. The fraction of sp³-hybridized carbons (Fsp3) is 0.538. The fourth-order valence-electron chi connectivity index (χ4n) is 1.81. The minimum absolute atomic E-state index is 0.0595. The lowest BCUT2D eigenvalue weighted by atomic mass is 10.1. The predicted octanol–water partition coefficient (Wildman–Crippen LogP) is 2.51. The molecule has 0 spiro atoms. The Hall–Kier alpha value is -1.29. The summed E-state index contributed by atoms with van der Waals surface area (Å²) in [5.41, 5.74) is 0. The number of likely N-dealkylation sites (tertiary alicyclic amines) is 1. The number of hydrogen-bond donors (Lipinski definition) is 0. The van der Waals surface area contributed by atoms with E-state index in [-0.39, 0.29) is 12.0 Å². The Balaban J connectivity index is 1.73. The Morgan fingerprint density at radius 2 is 2.33 bits per heavy atom. The molecule has 1 amide bonds. The van der Waals surface area contributed by atoms with Crippen LogP contribution in [-0.4, -0.2) is 35.0 Å². The highest BCUT2D eigenvalue weighted by molar-refractivity contribution is 6.30. The number of nitrogens with zero attached hydrogens (tertiary/aromatic N) is 2. The normalized spacial score (nSPS) is 15.3. The third kappa shape index (κ3) is 3.35. The van der Waals surface area contributed by atoms with Crippen molar-refractivity contribution in [1.29, 1.82) is 0 Å². The van der Waals surface area contributed by atoms with Crippen LogP contribution in [0.4, 0.5) is 0 Å². The van der Waals surface area contributed by atoms with Crippen molar-refractivity contribution in [2.24, 2.45) is 0 Å². The summed E-state index contributed by atoms with van der Waals surface area (Å²) in [6.07, 6.45) is 4.26. The molecule has 2 rings (SSSR count). The van der Waals surface area contributed by atoms with Gasteiger partial charge in [-0.1, -0.05) is 24.9 Å². The first-order valence-electron chi connectivity index (χ1n) is 6.25. The van der Waals surface area contributed by atoms with Crippen molar-refractivity contribution in [3.63, 3.8) is 0 Å². The maximum Gasteiger partial charge on any atom is 0.222 e. The summed E-state index contributed by atoms with van der Waals surface area (Å²) in [6.45, 7) is 3.40. The third-order valence-electron chi connectivity index (χ3n) is 2.93. The molecule has 0 aromatic carbocycles. The van der Waals surface area contributed by atoms with Crippen LogP contribution in [0, 0.1) is 0 Å². The summed E-state index contributed by atoms with van der Waals surface area (Å²) in [7, 11) is 0. The molecular weight excluding hydrogens is 252 g/mol. The molecule has 0 unspecified atom stereocenters. The van der Waals surface area contributed by atoms with E-state index in [0.29, 0.717) is 30.4 Å². The molecule has 0 N–H and O–H groups in total. The lowest BCUT2D eigenvalue weighted by Gasteiger charge is -2.38. The highest BCUT2D eigenvalue weighted by atomic mass is 35.5. The highest BCUT2D eigenvalue weighted by Crippen LogP contribution is 2.18. The van der Waals surface area contributed by atoms with Crippen molar-refractivity contribution in [3.05, 3.63) is 23.4 Å². The number of carbonyl (C=O) groups excluding carboxylic acids is 1. The van der Waals surface area contributed by atoms with Gasteiger partial charge < -0.3 is 9.64 Å². The van der Waals surface area contributed by atoms with E-state index < -0.39 is 0 Å². The third-order valence-corrected chi connectivity index (χ3v) is 3.16. The lowest BCUT2D eigenvalue weighted by Crippen LogP contribution is -2.56. The van der Waals surface area contributed by atoms with Gasteiger partial charge in [-0.05, 0) is 12.5 Å². The maximum absolute atomic E-state index is 11.7. The van der Waals surface area contributed by atoms with Gasteiger partial charge in [0.1, 0.15) is 6.10 Å². The highest BCUT2D eigenvalue weighted by Gasteiger charge is 2.31. The Bertz CT molecular complexity index is 402. The quantitative estimate of drug-likeness (QED) is 0.824. The molecule has 0 radical (unpaired) electrons. The molecule has 98 valence electrons. The second-order valence-electron chi connectivity index (χ2n) is 4.46. The molecule has 1 saturated heterocycles. The van der Waals surface area contributed by atoms with Crippen molar-refractivity contribution in [1.82, 2.24) is 9.88 Å². The van der Waals surface area contributed by atoms with Crippen LogP contribution in [0.3, 0.4) is 0 Å². The largest absolute Gasteiger partial charge is 0.471 e. The van der Waals surface area contributed by atoms with E-state index in [1.54, 1.807) is 18.3 Å². The minimum Gasteiger partial charge on any atom is -0.471 e. The van der Waals surface area contributed by atoms with E-state index in [0.717, 1.165) is 12.8 Å². The van der Waals surface area contributed by atoms with Gasteiger partial charge in [-0.15, -0.1) is 0 Å². The van der Waals surface area contributed by atoms with Gasteiger partial charge in [-0.3, -0.25) is 4.79 Å². The number of unbranched alkanes of at least 4 members (excludes halogenated alkanes) is 1. The number of rotatable bonds is 5. The average Bonchev–Trinajstić information content (AvgIpc) is 2.32. The molecule has 0 bridgehead atoms. The van der Waals surface area contributed by atoms with Gasteiger partial charge in [0.05, 0.1) is 18.1 Å². The van der Waals surface area contributed by atoms with Gasteiger partial charge in [-0.25, -0.2) is 4.98 Å². The maximum atomic E-state index is 11.7. The van der Waals surface area contributed by atoms with Crippen LogP contribution in [0.5, 0.6) is 5.88 Å². The SMILES string of the molecule is CCCCC(=O)N1CC(Oc2ccc(Cl)cn2)C1. The number of aromatic nitrogens is 1. The molecule has 5 heteroatoms. The first-order chi connectivity index (χ1) is 8.69. The monoisotopic (exact) mass is 268 g/mol. The van der Waals surface area contributed by atoms with Crippen molar-refractivity contribution in [2.75, 3.05) is 13.1 Å². The Labute approximate surface area is 112 Å². The molecule has 1 fully saturated rings. The van der Waals surface area contributed by atoms with E-state index in [1.807, 2.05) is 4.90 Å². The smallest absolute Gasteiger partial charge is 0.222 e. The van der Waals surface area contributed by atoms with Crippen molar-refractivity contribution in [3.8, 4) is 5.88 Å². The number of halogens is 1. The first-order valence-corrected chi connectivity index (χ1v) is 6.63. The van der Waals surface area contributed by atoms with E-state index in [1.165, 1.54) is 0 Å². The minimum atomic E-state index is 0.0595. The van der Waals surface area contributed by atoms with Crippen LogP contribution >= 0.6 is 11.6 Å². The van der Waals surface area contributed by atoms with Gasteiger partial charge in [0.2, 0.25) is 11.8 Å². The molecule has 0 aliphatic carbocycles. The topological polar surface area (TPSA) is 42.4 Å². The second kappa shape index (κ2) is 6.05. The van der Waals surface area contributed by atoms with E-state index in [4.69, 9.17) is 16.3 Å². The molecular formula is C13H17ClN2O2. The van der Waals surface area contributed by atoms with Gasteiger partial charge in [-0.2, -0.15) is 0 Å². The van der Waals surface area contributed by atoms with Crippen LogP contribution in [0.1, 0.15) is 26.2 Å². The molecule has 0 saturated carbocycles. The van der Waals surface area contributed by atoms with Crippen LogP contribution in [-0.2, 0) is 4.79 Å². The molecule has 1 aliphatic heterocycles. The second-order valence-corrected chi connectivity index (χ2v) is 4.89. The average molecular weight is 269 g/mol. The number of ether oxygens (including phenoxy) is 1. The van der Waals surface area contributed by atoms with Crippen molar-refractivity contribution < 1.29 is 9.53 Å². The molecule has 1 aromatic rings. The molecule has 0 atom stereocenters. The number of carbonyl (C=O) groups is 1. The zero-order valence-corrected chi connectivity index (χ0v) is 11.2. The van der Waals surface area contributed by atoms with Crippen LogP contribution < -0.4 is 4.74 Å². The van der Waals surface area contributed by atoms with Crippen LogP contribution in [0.2, 0.25) is 5.02 Å². The summed E-state index contributed by atoms with van der Waals surface area (Å²) in [4.78, 5) is 17.6. The van der Waals surface area contributed by atoms with E-state index >= 15 is 0 Å².